The Morgan fingerprint density at radius 2 is 1.52 bits per heavy atom. The molecule has 0 aliphatic heterocycles. The highest BCUT2D eigenvalue weighted by atomic mass is 16.6. The summed E-state index contributed by atoms with van der Waals surface area (Å²) in [6, 6.07) is -1.08. The van der Waals surface area contributed by atoms with Crippen molar-refractivity contribution in [3.63, 3.8) is 0 Å². The van der Waals surface area contributed by atoms with E-state index in [0.29, 0.717) is 32.1 Å². The first-order valence-electron chi connectivity index (χ1n) is 8.68. The largest absolute Gasteiger partial charge is 0.480 e. The number of nitro groups is 1. The quantitative estimate of drug-likeness (QED) is 0.197. The Balaban J connectivity index is 2.21. The van der Waals surface area contributed by atoms with Crippen molar-refractivity contribution in [3.05, 3.63) is 10.1 Å². The van der Waals surface area contributed by atoms with Crippen LogP contribution in [0.4, 0.5) is 0 Å². The zero-order valence-electron chi connectivity index (χ0n) is 14.9. The Hall–Kier alpha value is -2.76. The molecule has 1 fully saturated rings. The Bertz CT molecular complexity index is 575. The first kappa shape index (κ1) is 22.3. The number of carboxylic acid groups (broad SMARTS) is 1. The molecule has 12 nitrogen and oxygen atoms in total. The van der Waals surface area contributed by atoms with Crippen LogP contribution in [0.3, 0.4) is 0 Å². The molecule has 0 aromatic heterocycles. The highest BCUT2D eigenvalue weighted by Gasteiger charge is 2.31. The molecule has 27 heavy (non-hydrogen) atoms. The third kappa shape index (κ3) is 8.94. The first-order chi connectivity index (χ1) is 12.7. The summed E-state index contributed by atoms with van der Waals surface area (Å²) in [6.07, 6.45) is 2.85. The number of carboxylic acids is 1. The lowest BCUT2D eigenvalue weighted by Gasteiger charge is -2.24. The number of nitrogens with zero attached hydrogens (tertiary/aromatic N) is 1. The van der Waals surface area contributed by atoms with Crippen LogP contribution in [0.25, 0.3) is 0 Å². The van der Waals surface area contributed by atoms with Gasteiger partial charge in [-0.05, 0) is 18.8 Å². The molecule has 1 rings (SSSR count). The second-order valence-electron chi connectivity index (χ2n) is 6.56. The third-order valence-corrected chi connectivity index (χ3v) is 4.41. The van der Waals surface area contributed by atoms with E-state index < -0.39 is 48.9 Å². The number of amides is 3. The number of aliphatic carboxylic acids is 1. The molecule has 0 aromatic carbocycles. The van der Waals surface area contributed by atoms with Crippen LogP contribution in [0.15, 0.2) is 0 Å². The van der Waals surface area contributed by atoms with E-state index in [-0.39, 0.29) is 17.4 Å². The molecule has 1 aliphatic carbocycles. The zero-order valence-corrected chi connectivity index (χ0v) is 14.9. The fraction of sp³-hybridized carbons (Fsp3) is 0.733. The van der Waals surface area contributed by atoms with E-state index >= 15 is 0 Å². The molecule has 1 atom stereocenters. The summed E-state index contributed by atoms with van der Waals surface area (Å²) in [5.74, 6) is -2.65. The summed E-state index contributed by atoms with van der Waals surface area (Å²) < 4.78 is 0. The maximum Gasteiger partial charge on any atom is 0.322 e. The van der Waals surface area contributed by atoms with Crippen molar-refractivity contribution in [1.82, 2.24) is 16.0 Å². The topological polar surface area (TPSA) is 195 Å². The standard InChI is InChI=1S/C15H25N5O7/c16-11(5-9-1-3-10(4-2-9)20(26)27)15(25)19-7-13(22)17-6-12(21)18-8-14(23)24/h9-11H,1-8,16H2,(H,17,22)(H,18,21)(H,19,25)(H,23,24)/p+1. The van der Waals surface area contributed by atoms with Crippen LogP contribution >= 0.6 is 0 Å². The van der Waals surface area contributed by atoms with Gasteiger partial charge in [0.05, 0.1) is 13.1 Å². The van der Waals surface area contributed by atoms with Gasteiger partial charge in [0.25, 0.3) is 5.91 Å². The molecule has 1 saturated carbocycles. The van der Waals surface area contributed by atoms with Gasteiger partial charge in [0, 0.05) is 24.2 Å². The van der Waals surface area contributed by atoms with E-state index in [1.165, 1.54) is 0 Å². The zero-order chi connectivity index (χ0) is 20.4. The molecule has 0 spiro atoms. The first-order valence-corrected chi connectivity index (χ1v) is 8.68. The summed E-state index contributed by atoms with van der Waals surface area (Å²) in [7, 11) is 0. The fourth-order valence-electron chi connectivity index (χ4n) is 2.89. The Morgan fingerprint density at radius 3 is 2.04 bits per heavy atom. The Labute approximate surface area is 155 Å². The SMILES string of the molecule is [NH3+]C(CC1CCC([N+](=O)[O-])CC1)C(=O)NCC(=O)NCC(=O)NCC(=O)O. The van der Waals surface area contributed by atoms with Gasteiger partial charge in [-0.2, -0.15) is 0 Å². The van der Waals surface area contributed by atoms with Gasteiger partial charge < -0.3 is 26.8 Å². The monoisotopic (exact) mass is 388 g/mol. The van der Waals surface area contributed by atoms with Crippen molar-refractivity contribution >= 4 is 23.7 Å². The summed E-state index contributed by atoms with van der Waals surface area (Å²) in [6.45, 7) is -1.27. The van der Waals surface area contributed by atoms with Crippen LogP contribution < -0.4 is 21.7 Å². The van der Waals surface area contributed by atoms with Crippen molar-refractivity contribution in [3.8, 4) is 0 Å². The van der Waals surface area contributed by atoms with Gasteiger partial charge >= 0.3 is 5.97 Å². The molecule has 1 aliphatic rings. The van der Waals surface area contributed by atoms with E-state index in [1.807, 2.05) is 0 Å². The second kappa shape index (κ2) is 11.1. The number of carbonyl (C=O) groups excluding carboxylic acids is 3. The van der Waals surface area contributed by atoms with Crippen LogP contribution in [0, 0.1) is 16.0 Å². The fourth-order valence-corrected chi connectivity index (χ4v) is 2.89. The summed E-state index contributed by atoms with van der Waals surface area (Å²) >= 11 is 0. The minimum Gasteiger partial charge on any atom is -0.480 e. The van der Waals surface area contributed by atoms with Crippen LogP contribution in [0.1, 0.15) is 32.1 Å². The van der Waals surface area contributed by atoms with Crippen molar-refractivity contribution < 1.29 is 34.9 Å². The second-order valence-corrected chi connectivity index (χ2v) is 6.56. The average molecular weight is 388 g/mol. The lowest BCUT2D eigenvalue weighted by Crippen LogP contribution is -2.68. The van der Waals surface area contributed by atoms with Gasteiger partial charge in [0.15, 0.2) is 6.04 Å². The van der Waals surface area contributed by atoms with E-state index in [0.717, 1.165) is 0 Å². The van der Waals surface area contributed by atoms with Crippen LogP contribution in [0.5, 0.6) is 0 Å². The number of hydrogen-bond donors (Lipinski definition) is 5. The molecule has 0 radical (unpaired) electrons. The Kier molecular flexibility index (Phi) is 9.13. The number of hydrogen-bond acceptors (Lipinski definition) is 6. The van der Waals surface area contributed by atoms with E-state index in [1.54, 1.807) is 0 Å². The minimum absolute atomic E-state index is 0.196. The normalized spacial score (nSPS) is 20.2. The average Bonchev–Trinajstić information content (AvgIpc) is 2.62. The molecule has 0 saturated heterocycles. The van der Waals surface area contributed by atoms with Gasteiger partial charge in [0.1, 0.15) is 6.54 Å². The number of nitrogens with one attached hydrogen (secondary N) is 3. The van der Waals surface area contributed by atoms with Crippen molar-refractivity contribution in [2.24, 2.45) is 5.92 Å². The summed E-state index contributed by atoms with van der Waals surface area (Å²) in [5, 5.41) is 25.9. The predicted octanol–water partition coefficient (Wildman–Crippen LogP) is -2.74. The molecule has 0 bridgehead atoms. The molecular weight excluding hydrogens is 362 g/mol. The maximum atomic E-state index is 12.0. The third-order valence-electron chi connectivity index (χ3n) is 4.41. The minimum atomic E-state index is -1.20. The molecule has 0 aromatic rings. The van der Waals surface area contributed by atoms with Gasteiger partial charge in [-0.3, -0.25) is 29.3 Å². The van der Waals surface area contributed by atoms with Crippen molar-refractivity contribution in [1.29, 1.82) is 0 Å². The van der Waals surface area contributed by atoms with Crippen molar-refractivity contribution in [2.45, 2.75) is 44.2 Å². The van der Waals surface area contributed by atoms with Gasteiger partial charge in [-0.1, -0.05) is 0 Å². The molecule has 7 N–H and O–H groups in total. The van der Waals surface area contributed by atoms with Gasteiger partial charge in [-0.25, -0.2) is 0 Å². The highest BCUT2D eigenvalue weighted by Crippen LogP contribution is 2.28. The molecular formula is C15H26N5O7+. The number of rotatable bonds is 10. The molecule has 12 heteroatoms. The Morgan fingerprint density at radius 1 is 1.00 bits per heavy atom. The van der Waals surface area contributed by atoms with Gasteiger partial charge in [-0.15, -0.1) is 0 Å². The summed E-state index contributed by atoms with van der Waals surface area (Å²) in [4.78, 5) is 55.6. The van der Waals surface area contributed by atoms with E-state index in [4.69, 9.17) is 5.11 Å². The lowest BCUT2D eigenvalue weighted by molar-refractivity contribution is -0.527. The lowest BCUT2D eigenvalue weighted by atomic mass is 9.82. The summed E-state index contributed by atoms with van der Waals surface area (Å²) in [5.41, 5.74) is 3.78. The molecule has 3 amide bonds. The predicted molar refractivity (Wildman–Crippen MR) is 90.7 cm³/mol. The smallest absolute Gasteiger partial charge is 0.322 e. The highest BCUT2D eigenvalue weighted by molar-refractivity contribution is 5.89. The molecule has 152 valence electrons. The number of carbonyl (C=O) groups is 4. The van der Waals surface area contributed by atoms with Crippen LogP contribution in [0.2, 0.25) is 0 Å². The van der Waals surface area contributed by atoms with Gasteiger partial charge in [0.2, 0.25) is 17.9 Å². The van der Waals surface area contributed by atoms with Crippen molar-refractivity contribution in [2.75, 3.05) is 19.6 Å². The van der Waals surface area contributed by atoms with Crippen LogP contribution in [-0.4, -0.2) is 65.4 Å². The maximum absolute atomic E-state index is 12.0. The van der Waals surface area contributed by atoms with E-state index in [9.17, 15) is 29.3 Å². The molecule has 1 unspecified atom stereocenters. The number of quaternary nitrogens is 1. The van der Waals surface area contributed by atoms with Crippen LogP contribution in [-0.2, 0) is 19.2 Å². The van der Waals surface area contributed by atoms with E-state index in [2.05, 4.69) is 21.7 Å². The molecule has 0 heterocycles.